The third-order valence-corrected chi connectivity index (χ3v) is 6.08. The molecule has 6 atom stereocenters. The number of hydrogen-bond acceptors (Lipinski definition) is 3. The molecule has 2 saturated carbocycles. The Hall–Kier alpha value is -1.94. The van der Waals surface area contributed by atoms with Crippen molar-refractivity contribution in [3.8, 4) is 0 Å². The molecule has 6 rings (SSSR count). The summed E-state index contributed by atoms with van der Waals surface area (Å²) in [6.45, 7) is 0. The zero-order valence-corrected chi connectivity index (χ0v) is 13.1. The van der Waals surface area contributed by atoms with Gasteiger partial charge >= 0.3 is 0 Å². The Bertz CT molecular complexity index is 734. The van der Waals surface area contributed by atoms with Gasteiger partial charge in [-0.2, -0.15) is 10.1 Å². The van der Waals surface area contributed by atoms with Crippen LogP contribution < -0.4 is 0 Å². The van der Waals surface area contributed by atoms with E-state index in [-0.39, 0.29) is 35.5 Å². The van der Waals surface area contributed by atoms with Gasteiger partial charge in [-0.1, -0.05) is 35.9 Å². The van der Waals surface area contributed by atoms with Crippen LogP contribution in [0, 0.1) is 35.5 Å². The molecule has 2 bridgehead atoms. The maximum absolute atomic E-state index is 12.7. The largest absolute Gasteiger partial charge is 0.272 e. The Balaban J connectivity index is 1.44. The fourth-order valence-electron chi connectivity index (χ4n) is 4.73. The molecule has 1 aromatic carbocycles. The van der Waals surface area contributed by atoms with Gasteiger partial charge in [0.1, 0.15) is 0 Å². The number of allylic oxidation sites excluding steroid dienone is 2. The number of amides is 2. The van der Waals surface area contributed by atoms with E-state index in [0.717, 1.165) is 10.6 Å². The third-order valence-electron chi connectivity index (χ3n) is 5.83. The van der Waals surface area contributed by atoms with Crippen molar-refractivity contribution in [3.63, 3.8) is 0 Å². The summed E-state index contributed by atoms with van der Waals surface area (Å²) in [6.07, 6.45) is 7.05. The fourth-order valence-corrected chi connectivity index (χ4v) is 4.85. The number of halogens is 1. The predicted molar refractivity (Wildman–Crippen MR) is 85.6 cm³/mol. The van der Waals surface area contributed by atoms with Gasteiger partial charge in [0.05, 0.1) is 18.1 Å². The molecular weight excluding hydrogens is 312 g/mol. The van der Waals surface area contributed by atoms with E-state index in [1.807, 2.05) is 12.1 Å². The molecule has 4 aliphatic carbocycles. The summed E-state index contributed by atoms with van der Waals surface area (Å²) < 4.78 is 0. The lowest BCUT2D eigenvalue weighted by atomic mass is 9.63. The molecule has 23 heavy (non-hydrogen) atoms. The van der Waals surface area contributed by atoms with Crippen LogP contribution in [0.15, 0.2) is 41.5 Å². The highest BCUT2D eigenvalue weighted by molar-refractivity contribution is 6.30. The minimum atomic E-state index is -0.191. The van der Waals surface area contributed by atoms with Gasteiger partial charge in [-0.25, -0.2) is 0 Å². The van der Waals surface area contributed by atoms with Gasteiger partial charge in [0, 0.05) is 5.02 Å². The molecule has 1 aromatic rings. The molecule has 0 radical (unpaired) electrons. The zero-order chi connectivity index (χ0) is 15.7. The first-order valence-electron chi connectivity index (χ1n) is 8.01. The lowest BCUT2D eigenvalue weighted by Gasteiger charge is -2.37. The Morgan fingerprint density at radius 3 is 2.13 bits per heavy atom. The molecule has 5 heteroatoms. The number of carbonyl (C=O) groups is 2. The maximum Gasteiger partial charge on any atom is 0.254 e. The van der Waals surface area contributed by atoms with Gasteiger partial charge < -0.3 is 0 Å². The summed E-state index contributed by atoms with van der Waals surface area (Å²) in [6, 6.07) is 7.14. The highest BCUT2D eigenvalue weighted by Crippen LogP contribution is 2.65. The molecule has 1 heterocycles. The molecule has 116 valence electrons. The standard InChI is InChI=1S/C18H15ClN2O2/c19-10-3-1-9(2-4-10)8-20-21-17(22)15-11-5-6-12(14-7-13(11)14)16(15)18(21)23/h1-6,8,11-16H,7H2/b20-8-/t11-,12-,13-,14-,15+,16+/m0/s1. The van der Waals surface area contributed by atoms with E-state index in [2.05, 4.69) is 17.3 Å². The number of rotatable bonds is 2. The number of nitrogens with zero attached hydrogens (tertiary/aromatic N) is 2. The maximum atomic E-state index is 12.7. The second-order valence-electron chi connectivity index (χ2n) is 6.94. The predicted octanol–water partition coefficient (Wildman–Crippen LogP) is 2.73. The molecule has 5 aliphatic rings. The molecule has 0 unspecified atom stereocenters. The van der Waals surface area contributed by atoms with Crippen LogP contribution >= 0.6 is 11.6 Å². The molecule has 3 fully saturated rings. The Morgan fingerprint density at radius 1 is 1.00 bits per heavy atom. The van der Waals surface area contributed by atoms with Crippen LogP contribution in [-0.4, -0.2) is 23.0 Å². The Morgan fingerprint density at radius 2 is 1.57 bits per heavy atom. The van der Waals surface area contributed by atoms with Crippen LogP contribution in [0.1, 0.15) is 12.0 Å². The van der Waals surface area contributed by atoms with Gasteiger partial charge in [-0.15, -0.1) is 0 Å². The number of hydrogen-bond donors (Lipinski definition) is 0. The number of carbonyl (C=O) groups excluding carboxylic acids is 2. The van der Waals surface area contributed by atoms with Crippen molar-refractivity contribution in [2.24, 2.45) is 40.6 Å². The molecule has 0 aromatic heterocycles. The van der Waals surface area contributed by atoms with Crippen molar-refractivity contribution < 1.29 is 9.59 Å². The summed E-state index contributed by atoms with van der Waals surface area (Å²) >= 11 is 5.85. The van der Waals surface area contributed by atoms with E-state index >= 15 is 0 Å². The average Bonchev–Trinajstić information content (AvgIpc) is 3.33. The Kier molecular flexibility index (Phi) is 2.66. The van der Waals surface area contributed by atoms with Gasteiger partial charge in [0.15, 0.2) is 0 Å². The van der Waals surface area contributed by atoms with E-state index in [1.54, 1.807) is 18.3 Å². The van der Waals surface area contributed by atoms with Crippen molar-refractivity contribution in [3.05, 3.63) is 47.0 Å². The quantitative estimate of drug-likeness (QED) is 0.476. The van der Waals surface area contributed by atoms with Gasteiger partial charge in [-0.3, -0.25) is 9.59 Å². The van der Waals surface area contributed by atoms with Gasteiger partial charge in [0.25, 0.3) is 11.8 Å². The van der Waals surface area contributed by atoms with Crippen LogP contribution in [0.4, 0.5) is 0 Å². The number of imide groups is 1. The first-order valence-corrected chi connectivity index (χ1v) is 8.38. The van der Waals surface area contributed by atoms with Crippen LogP contribution in [-0.2, 0) is 9.59 Å². The first-order chi connectivity index (χ1) is 11.1. The summed E-state index contributed by atoms with van der Waals surface area (Å²) in [5, 5.41) is 5.93. The average molecular weight is 327 g/mol. The van der Waals surface area contributed by atoms with Crippen molar-refractivity contribution in [2.75, 3.05) is 0 Å². The zero-order valence-electron chi connectivity index (χ0n) is 12.3. The highest BCUT2D eigenvalue weighted by atomic mass is 35.5. The molecule has 0 N–H and O–H groups in total. The normalized spacial score (nSPS) is 40.0. The topological polar surface area (TPSA) is 49.7 Å². The minimum Gasteiger partial charge on any atom is -0.272 e. The number of benzene rings is 1. The SMILES string of the molecule is O=C1[C@@H]2[C@H]3C=C[C@@H]([C@@H]4C[C@@H]34)[C@H]2C(=O)N1/N=C\c1ccc(Cl)cc1. The second kappa shape index (κ2) is 4.54. The summed E-state index contributed by atoms with van der Waals surface area (Å²) in [5.74, 6) is 1.06. The first kappa shape index (κ1) is 13.5. The monoisotopic (exact) mass is 326 g/mol. The van der Waals surface area contributed by atoms with Crippen LogP contribution in [0.25, 0.3) is 0 Å². The third kappa shape index (κ3) is 1.81. The highest BCUT2D eigenvalue weighted by Gasteiger charge is 2.67. The van der Waals surface area contributed by atoms with Crippen molar-refractivity contribution in [1.82, 2.24) is 5.01 Å². The Labute approximate surface area is 138 Å². The van der Waals surface area contributed by atoms with Crippen LogP contribution in [0.3, 0.4) is 0 Å². The molecule has 4 nitrogen and oxygen atoms in total. The lowest BCUT2D eigenvalue weighted by molar-refractivity contribution is -0.140. The van der Waals surface area contributed by atoms with Crippen LogP contribution in [0.5, 0.6) is 0 Å². The van der Waals surface area contributed by atoms with Crippen LogP contribution in [0.2, 0.25) is 5.02 Å². The summed E-state index contributed by atoms with van der Waals surface area (Å²) in [5.41, 5.74) is 0.814. The molecule has 2 amide bonds. The van der Waals surface area contributed by atoms with E-state index in [1.165, 1.54) is 6.42 Å². The van der Waals surface area contributed by atoms with Crippen molar-refractivity contribution in [1.29, 1.82) is 0 Å². The van der Waals surface area contributed by atoms with Gasteiger partial charge in [0.2, 0.25) is 0 Å². The van der Waals surface area contributed by atoms with E-state index < -0.39 is 0 Å². The van der Waals surface area contributed by atoms with Crippen molar-refractivity contribution in [2.45, 2.75) is 6.42 Å². The molecule has 1 aliphatic heterocycles. The molecular formula is C18H15ClN2O2. The van der Waals surface area contributed by atoms with Crippen molar-refractivity contribution >= 4 is 29.6 Å². The fraction of sp³-hybridized carbons (Fsp3) is 0.389. The van der Waals surface area contributed by atoms with Gasteiger partial charge in [-0.05, 0) is 47.8 Å². The molecule has 0 spiro atoms. The summed E-state index contributed by atoms with van der Waals surface area (Å²) in [4.78, 5) is 25.4. The minimum absolute atomic E-state index is 0.130. The number of hydrazone groups is 1. The molecule has 1 saturated heterocycles. The second-order valence-corrected chi connectivity index (χ2v) is 7.38. The smallest absolute Gasteiger partial charge is 0.254 e. The summed E-state index contributed by atoms with van der Waals surface area (Å²) in [7, 11) is 0. The lowest BCUT2D eigenvalue weighted by Crippen LogP contribution is -2.40. The van der Waals surface area contributed by atoms with E-state index in [0.29, 0.717) is 16.9 Å². The van der Waals surface area contributed by atoms with E-state index in [4.69, 9.17) is 11.6 Å². The van der Waals surface area contributed by atoms with E-state index in [9.17, 15) is 9.59 Å².